The smallest absolute Gasteiger partial charge is 0.383 e. The first-order valence-corrected chi connectivity index (χ1v) is 7.72. The lowest BCUT2D eigenvalue weighted by atomic mass is 10.1. The average molecular weight is 334 g/mol. The molecule has 0 saturated carbocycles. The van der Waals surface area contributed by atoms with Crippen molar-refractivity contribution in [1.82, 2.24) is 0 Å². The molecule has 6 nitrogen and oxygen atoms in total. The monoisotopic (exact) mass is 334 g/mol. The predicted octanol–water partition coefficient (Wildman–Crippen LogP) is 3.68. The summed E-state index contributed by atoms with van der Waals surface area (Å²) in [7, 11) is 0. The van der Waals surface area contributed by atoms with Crippen molar-refractivity contribution in [2.24, 2.45) is 0 Å². The van der Waals surface area contributed by atoms with E-state index in [1.54, 1.807) is 18.2 Å². The normalized spacial score (nSPS) is 11.6. The minimum Gasteiger partial charge on any atom is -0.487 e. The molecule has 2 aromatic rings. The number of hydrogen-bond donors (Lipinski definition) is 0. The standard InChI is InChI=1S/C18H22O6/c1-10(2)21-15-14-12(23-17(20)16(15)22-11(3)19)8-7-9-13(14)24-18(4,5)6/h7-10H,1-6H3. The molecule has 0 aliphatic carbocycles. The van der Waals surface area contributed by atoms with Crippen LogP contribution < -0.4 is 19.8 Å². The third-order valence-corrected chi connectivity index (χ3v) is 2.82. The first-order valence-electron chi connectivity index (χ1n) is 7.72. The Morgan fingerprint density at radius 2 is 1.83 bits per heavy atom. The molecule has 0 bridgehead atoms. The van der Waals surface area contributed by atoms with Gasteiger partial charge in [0.1, 0.15) is 22.3 Å². The van der Waals surface area contributed by atoms with Gasteiger partial charge < -0.3 is 18.6 Å². The maximum atomic E-state index is 12.2. The van der Waals surface area contributed by atoms with Gasteiger partial charge in [-0.2, -0.15) is 0 Å². The van der Waals surface area contributed by atoms with Crippen LogP contribution in [0.25, 0.3) is 11.0 Å². The highest BCUT2D eigenvalue weighted by atomic mass is 16.6. The Bertz CT molecular complexity index is 811. The topological polar surface area (TPSA) is 75.0 Å². The maximum absolute atomic E-state index is 12.2. The molecule has 0 saturated heterocycles. The SMILES string of the molecule is CC(=O)Oc1c(OC(C)C)c2c(OC(C)(C)C)cccc2oc1=O. The Hall–Kier alpha value is -2.50. The zero-order chi connectivity index (χ0) is 18.1. The molecule has 0 aliphatic heterocycles. The van der Waals surface area contributed by atoms with E-state index >= 15 is 0 Å². The summed E-state index contributed by atoms with van der Waals surface area (Å²) in [5, 5.41) is 0.456. The molecule has 1 aromatic carbocycles. The van der Waals surface area contributed by atoms with Crippen molar-refractivity contribution in [3.63, 3.8) is 0 Å². The van der Waals surface area contributed by atoms with Crippen molar-refractivity contribution in [3.05, 3.63) is 28.6 Å². The number of carbonyl (C=O) groups excluding carboxylic acids is 1. The van der Waals surface area contributed by atoms with Crippen molar-refractivity contribution in [2.45, 2.75) is 53.2 Å². The second kappa shape index (κ2) is 6.55. The summed E-state index contributed by atoms with van der Waals surface area (Å²) in [6, 6.07) is 5.10. The highest BCUT2D eigenvalue weighted by molar-refractivity contribution is 5.92. The van der Waals surface area contributed by atoms with Gasteiger partial charge >= 0.3 is 11.6 Å². The van der Waals surface area contributed by atoms with Crippen LogP contribution in [0.1, 0.15) is 41.5 Å². The molecule has 0 aliphatic rings. The summed E-state index contributed by atoms with van der Waals surface area (Å²) in [6.45, 7) is 10.5. The van der Waals surface area contributed by atoms with Crippen LogP contribution in [0.3, 0.4) is 0 Å². The summed E-state index contributed by atoms with van der Waals surface area (Å²) >= 11 is 0. The number of carbonyl (C=O) groups is 1. The molecule has 1 aromatic heterocycles. The average Bonchev–Trinajstić information content (AvgIpc) is 2.40. The third-order valence-electron chi connectivity index (χ3n) is 2.82. The van der Waals surface area contributed by atoms with Crippen LogP contribution in [0.15, 0.2) is 27.4 Å². The Kier molecular flexibility index (Phi) is 4.87. The Morgan fingerprint density at radius 1 is 1.17 bits per heavy atom. The first kappa shape index (κ1) is 17.8. The van der Waals surface area contributed by atoms with Gasteiger partial charge in [-0.1, -0.05) is 6.07 Å². The number of hydrogen-bond acceptors (Lipinski definition) is 6. The molecule has 0 radical (unpaired) electrons. The second-order valence-corrected chi connectivity index (χ2v) is 6.65. The van der Waals surface area contributed by atoms with Crippen LogP contribution in [0, 0.1) is 0 Å². The van der Waals surface area contributed by atoms with Crippen molar-refractivity contribution in [3.8, 4) is 17.2 Å². The van der Waals surface area contributed by atoms with Gasteiger partial charge in [-0.05, 0) is 46.8 Å². The van der Waals surface area contributed by atoms with Gasteiger partial charge in [0.05, 0.1) is 6.10 Å². The van der Waals surface area contributed by atoms with E-state index in [1.807, 2.05) is 34.6 Å². The van der Waals surface area contributed by atoms with Gasteiger partial charge in [0.25, 0.3) is 5.75 Å². The predicted molar refractivity (Wildman–Crippen MR) is 89.9 cm³/mol. The van der Waals surface area contributed by atoms with Crippen molar-refractivity contribution >= 4 is 16.9 Å². The molecule has 6 heteroatoms. The molecule has 0 atom stereocenters. The van der Waals surface area contributed by atoms with E-state index in [2.05, 4.69) is 0 Å². The molecule has 2 rings (SSSR count). The minimum absolute atomic E-state index is 0.145. The van der Waals surface area contributed by atoms with E-state index in [9.17, 15) is 9.59 Å². The van der Waals surface area contributed by atoms with Crippen LogP contribution in [-0.4, -0.2) is 17.7 Å². The van der Waals surface area contributed by atoms with Gasteiger partial charge in [0, 0.05) is 6.92 Å². The lowest BCUT2D eigenvalue weighted by molar-refractivity contribution is -0.132. The number of ether oxygens (including phenoxy) is 3. The first-order chi connectivity index (χ1) is 11.1. The number of benzene rings is 1. The van der Waals surface area contributed by atoms with Gasteiger partial charge in [0.2, 0.25) is 0 Å². The summed E-state index contributed by atoms with van der Waals surface area (Å²) in [4.78, 5) is 23.6. The van der Waals surface area contributed by atoms with E-state index < -0.39 is 17.2 Å². The Labute approximate surface area is 140 Å². The van der Waals surface area contributed by atoms with E-state index in [0.717, 1.165) is 0 Å². The fourth-order valence-electron chi connectivity index (χ4n) is 2.17. The van der Waals surface area contributed by atoms with E-state index in [4.69, 9.17) is 18.6 Å². The molecule has 1 heterocycles. The summed E-state index contributed by atoms with van der Waals surface area (Å²) in [6.07, 6.45) is -0.244. The molecular weight excluding hydrogens is 312 g/mol. The zero-order valence-corrected chi connectivity index (χ0v) is 14.8. The van der Waals surface area contributed by atoms with E-state index in [1.165, 1.54) is 6.92 Å². The second-order valence-electron chi connectivity index (χ2n) is 6.65. The Morgan fingerprint density at radius 3 is 2.38 bits per heavy atom. The lowest BCUT2D eigenvalue weighted by Crippen LogP contribution is -2.23. The maximum Gasteiger partial charge on any atom is 0.383 e. The fourth-order valence-corrected chi connectivity index (χ4v) is 2.17. The molecule has 130 valence electrons. The largest absolute Gasteiger partial charge is 0.487 e. The van der Waals surface area contributed by atoms with Crippen molar-refractivity contribution in [2.75, 3.05) is 0 Å². The lowest BCUT2D eigenvalue weighted by Gasteiger charge is -2.23. The highest BCUT2D eigenvalue weighted by Crippen LogP contribution is 2.40. The highest BCUT2D eigenvalue weighted by Gasteiger charge is 2.25. The molecular formula is C18H22O6. The van der Waals surface area contributed by atoms with Crippen LogP contribution in [0.4, 0.5) is 0 Å². The molecule has 0 amide bonds. The van der Waals surface area contributed by atoms with E-state index in [0.29, 0.717) is 16.7 Å². The fraction of sp³-hybridized carbons (Fsp3) is 0.444. The molecule has 0 fully saturated rings. The van der Waals surface area contributed by atoms with Crippen molar-refractivity contribution in [1.29, 1.82) is 0 Å². The minimum atomic E-state index is -0.777. The molecule has 0 unspecified atom stereocenters. The summed E-state index contributed by atoms with van der Waals surface area (Å²) in [5.74, 6) is -0.280. The summed E-state index contributed by atoms with van der Waals surface area (Å²) < 4.78 is 22.1. The van der Waals surface area contributed by atoms with Gasteiger partial charge in [-0.25, -0.2) is 4.79 Å². The molecule has 0 N–H and O–H groups in total. The Balaban J connectivity index is 2.82. The van der Waals surface area contributed by atoms with E-state index in [-0.39, 0.29) is 17.6 Å². The van der Waals surface area contributed by atoms with Crippen LogP contribution >= 0.6 is 0 Å². The van der Waals surface area contributed by atoms with Crippen molar-refractivity contribution < 1.29 is 23.4 Å². The molecule has 0 spiro atoms. The number of fused-ring (bicyclic) bond motifs is 1. The summed E-state index contributed by atoms with van der Waals surface area (Å²) in [5.41, 5.74) is -0.948. The molecule has 24 heavy (non-hydrogen) atoms. The number of rotatable bonds is 4. The third kappa shape index (κ3) is 4.07. The van der Waals surface area contributed by atoms with Gasteiger partial charge in [-0.15, -0.1) is 0 Å². The number of esters is 1. The zero-order valence-electron chi connectivity index (χ0n) is 14.8. The van der Waals surface area contributed by atoms with Gasteiger partial charge in [0.15, 0.2) is 5.75 Å². The van der Waals surface area contributed by atoms with Crippen LogP contribution in [0.5, 0.6) is 17.2 Å². The van der Waals surface area contributed by atoms with Crippen LogP contribution in [-0.2, 0) is 4.79 Å². The quantitative estimate of drug-likeness (QED) is 0.627. The van der Waals surface area contributed by atoms with Gasteiger partial charge in [-0.3, -0.25) is 4.79 Å². The van der Waals surface area contributed by atoms with Crippen LogP contribution in [0.2, 0.25) is 0 Å².